The molecule has 1 heterocycles. The number of carbonyl (C=O) groups excluding carboxylic acids is 2. The van der Waals surface area contributed by atoms with Crippen LogP contribution >= 0.6 is 0 Å². The lowest BCUT2D eigenvalue weighted by Crippen LogP contribution is -2.46. The Bertz CT molecular complexity index is 798. The van der Waals surface area contributed by atoms with Gasteiger partial charge < -0.3 is 15.0 Å². The van der Waals surface area contributed by atoms with E-state index < -0.39 is 10.0 Å². The molecule has 1 fully saturated rings. The third kappa shape index (κ3) is 6.43. The van der Waals surface area contributed by atoms with Gasteiger partial charge in [0.2, 0.25) is 15.9 Å². The number of likely N-dealkylation sites (tertiary alicyclic amines) is 1. The van der Waals surface area contributed by atoms with E-state index in [2.05, 4.69) is 5.32 Å². The Hall–Kier alpha value is -2.13. The third-order valence-corrected chi connectivity index (χ3v) is 7.36. The van der Waals surface area contributed by atoms with E-state index in [1.54, 1.807) is 36.1 Å². The van der Waals surface area contributed by atoms with Crippen molar-refractivity contribution >= 4 is 22.0 Å². The molecule has 30 heavy (non-hydrogen) atoms. The first-order chi connectivity index (χ1) is 14.3. The van der Waals surface area contributed by atoms with Crippen LogP contribution in [0.4, 0.5) is 4.79 Å². The SMILES string of the molecule is CCOC(=O)N1CCC(NC(=O)CCc2ccc(S(=O)(=O)N(CC)CC)cc2)CC1. The number of piperidine rings is 1. The average Bonchev–Trinajstić information content (AvgIpc) is 2.74. The van der Waals surface area contributed by atoms with Crippen molar-refractivity contribution in [1.29, 1.82) is 0 Å². The lowest BCUT2D eigenvalue weighted by molar-refractivity contribution is -0.122. The molecule has 0 atom stereocenters. The normalized spacial score (nSPS) is 15.3. The number of nitrogens with one attached hydrogen (secondary N) is 1. The molecule has 8 nitrogen and oxygen atoms in total. The lowest BCUT2D eigenvalue weighted by atomic mass is 10.0. The second-order valence-electron chi connectivity index (χ2n) is 7.26. The molecule has 1 aliphatic heterocycles. The number of benzene rings is 1. The zero-order valence-corrected chi connectivity index (χ0v) is 18.9. The van der Waals surface area contributed by atoms with Crippen LogP contribution in [-0.4, -0.2) is 68.5 Å². The van der Waals surface area contributed by atoms with E-state index in [0.29, 0.717) is 58.5 Å². The Morgan fingerprint density at radius 3 is 2.23 bits per heavy atom. The fourth-order valence-electron chi connectivity index (χ4n) is 3.52. The van der Waals surface area contributed by atoms with Gasteiger partial charge >= 0.3 is 6.09 Å². The van der Waals surface area contributed by atoms with Gasteiger partial charge in [-0.1, -0.05) is 26.0 Å². The van der Waals surface area contributed by atoms with Crippen LogP contribution in [0, 0.1) is 0 Å². The van der Waals surface area contributed by atoms with Gasteiger partial charge in [-0.3, -0.25) is 4.79 Å². The minimum absolute atomic E-state index is 0.0376. The quantitative estimate of drug-likeness (QED) is 0.637. The van der Waals surface area contributed by atoms with E-state index in [-0.39, 0.29) is 22.9 Å². The summed E-state index contributed by atoms with van der Waals surface area (Å²) in [6.45, 7) is 7.78. The number of ether oxygens (including phenoxy) is 1. The highest BCUT2D eigenvalue weighted by atomic mass is 32.2. The van der Waals surface area contributed by atoms with Crippen LogP contribution in [0.5, 0.6) is 0 Å². The Labute approximate surface area is 179 Å². The first kappa shape index (κ1) is 24.1. The number of carbonyl (C=O) groups is 2. The van der Waals surface area contributed by atoms with Crippen LogP contribution in [0.25, 0.3) is 0 Å². The van der Waals surface area contributed by atoms with Crippen molar-refractivity contribution in [2.45, 2.75) is 57.4 Å². The van der Waals surface area contributed by atoms with Crippen molar-refractivity contribution in [3.63, 3.8) is 0 Å². The van der Waals surface area contributed by atoms with Gasteiger partial charge in [0.1, 0.15) is 0 Å². The summed E-state index contributed by atoms with van der Waals surface area (Å²) in [5.74, 6) is -0.0376. The van der Waals surface area contributed by atoms with Gasteiger partial charge in [-0.2, -0.15) is 4.31 Å². The molecular formula is C21H33N3O5S. The van der Waals surface area contributed by atoms with Gasteiger partial charge in [-0.15, -0.1) is 0 Å². The largest absolute Gasteiger partial charge is 0.450 e. The zero-order chi connectivity index (χ0) is 22.1. The molecule has 0 radical (unpaired) electrons. The summed E-state index contributed by atoms with van der Waals surface area (Å²) >= 11 is 0. The smallest absolute Gasteiger partial charge is 0.409 e. The molecule has 168 valence electrons. The maximum Gasteiger partial charge on any atom is 0.409 e. The summed E-state index contributed by atoms with van der Waals surface area (Å²) in [5, 5.41) is 3.03. The van der Waals surface area contributed by atoms with Crippen molar-refractivity contribution in [2.24, 2.45) is 0 Å². The predicted molar refractivity (Wildman–Crippen MR) is 115 cm³/mol. The number of nitrogens with zero attached hydrogens (tertiary/aromatic N) is 2. The monoisotopic (exact) mass is 439 g/mol. The molecule has 0 bridgehead atoms. The van der Waals surface area contributed by atoms with Crippen molar-refractivity contribution in [2.75, 3.05) is 32.8 Å². The Morgan fingerprint density at radius 2 is 1.70 bits per heavy atom. The molecule has 1 aromatic carbocycles. The Morgan fingerprint density at radius 1 is 1.10 bits per heavy atom. The first-order valence-electron chi connectivity index (χ1n) is 10.6. The Kier molecular flexibility index (Phi) is 9.10. The van der Waals surface area contributed by atoms with Crippen LogP contribution in [0.2, 0.25) is 0 Å². The molecule has 0 aromatic heterocycles. The van der Waals surface area contributed by atoms with Crippen LogP contribution in [-0.2, 0) is 26.0 Å². The highest BCUT2D eigenvalue weighted by Crippen LogP contribution is 2.17. The number of hydrogen-bond acceptors (Lipinski definition) is 5. The standard InChI is InChI=1S/C21H33N3O5S/c1-4-24(5-2)30(27,28)19-10-7-17(8-11-19)9-12-20(25)22-18-13-15-23(16-14-18)21(26)29-6-3/h7-8,10-11,18H,4-6,9,12-16H2,1-3H3,(H,22,25). The molecule has 0 aliphatic carbocycles. The molecule has 9 heteroatoms. The van der Waals surface area contributed by atoms with Gasteiger partial charge in [0.05, 0.1) is 11.5 Å². The van der Waals surface area contributed by atoms with Gasteiger partial charge in [0, 0.05) is 38.6 Å². The molecule has 0 saturated carbocycles. The summed E-state index contributed by atoms with van der Waals surface area (Å²) in [6, 6.07) is 6.80. The van der Waals surface area contributed by atoms with Crippen molar-refractivity contribution < 1.29 is 22.7 Å². The summed E-state index contributed by atoms with van der Waals surface area (Å²) in [6.07, 6.45) is 2.00. The molecule has 0 spiro atoms. The maximum atomic E-state index is 12.5. The summed E-state index contributed by atoms with van der Waals surface area (Å²) in [4.78, 5) is 25.9. The number of hydrogen-bond donors (Lipinski definition) is 1. The summed E-state index contributed by atoms with van der Waals surface area (Å²) in [7, 11) is -3.47. The van der Waals surface area contributed by atoms with Gasteiger partial charge in [0.25, 0.3) is 0 Å². The van der Waals surface area contributed by atoms with E-state index in [4.69, 9.17) is 4.74 Å². The minimum atomic E-state index is -3.47. The van der Waals surface area contributed by atoms with Crippen molar-refractivity contribution in [3.05, 3.63) is 29.8 Å². The molecule has 1 saturated heterocycles. The topological polar surface area (TPSA) is 96.0 Å². The van der Waals surface area contributed by atoms with E-state index in [9.17, 15) is 18.0 Å². The predicted octanol–water partition coefficient (Wildman–Crippen LogP) is 2.39. The fourth-order valence-corrected chi connectivity index (χ4v) is 4.98. The number of aryl methyl sites for hydroxylation is 1. The maximum absolute atomic E-state index is 12.5. The van der Waals surface area contributed by atoms with Crippen molar-refractivity contribution in [1.82, 2.24) is 14.5 Å². The summed E-state index contributed by atoms with van der Waals surface area (Å²) in [5.41, 5.74) is 0.917. The zero-order valence-electron chi connectivity index (χ0n) is 18.1. The molecule has 1 N–H and O–H groups in total. The Balaban J connectivity index is 1.80. The van der Waals surface area contributed by atoms with Crippen molar-refractivity contribution in [3.8, 4) is 0 Å². The van der Waals surface area contributed by atoms with Gasteiger partial charge in [-0.05, 0) is 43.9 Å². The van der Waals surface area contributed by atoms with E-state index in [1.807, 2.05) is 13.8 Å². The van der Waals surface area contributed by atoms with E-state index >= 15 is 0 Å². The second kappa shape index (κ2) is 11.3. The summed E-state index contributed by atoms with van der Waals surface area (Å²) < 4.78 is 31.5. The van der Waals surface area contributed by atoms with Gasteiger partial charge in [-0.25, -0.2) is 13.2 Å². The van der Waals surface area contributed by atoms with E-state index in [1.165, 1.54) is 4.31 Å². The molecular weight excluding hydrogens is 406 g/mol. The third-order valence-electron chi connectivity index (χ3n) is 5.29. The minimum Gasteiger partial charge on any atom is -0.450 e. The number of amides is 2. The average molecular weight is 440 g/mol. The highest BCUT2D eigenvalue weighted by Gasteiger charge is 2.24. The van der Waals surface area contributed by atoms with Crippen LogP contribution in [0.3, 0.4) is 0 Å². The molecule has 2 amide bonds. The van der Waals surface area contributed by atoms with Crippen LogP contribution in [0.1, 0.15) is 45.6 Å². The number of rotatable bonds is 9. The van der Waals surface area contributed by atoms with E-state index in [0.717, 1.165) is 5.56 Å². The van der Waals surface area contributed by atoms with Gasteiger partial charge in [0.15, 0.2) is 0 Å². The molecule has 2 rings (SSSR count). The van der Waals surface area contributed by atoms with Crippen LogP contribution < -0.4 is 5.32 Å². The highest BCUT2D eigenvalue weighted by molar-refractivity contribution is 7.89. The number of sulfonamides is 1. The fraction of sp³-hybridized carbons (Fsp3) is 0.619. The van der Waals surface area contributed by atoms with Crippen LogP contribution in [0.15, 0.2) is 29.2 Å². The second-order valence-corrected chi connectivity index (χ2v) is 9.20. The molecule has 1 aliphatic rings. The molecule has 1 aromatic rings. The lowest BCUT2D eigenvalue weighted by Gasteiger charge is -2.31. The molecule has 0 unspecified atom stereocenters. The first-order valence-corrected chi connectivity index (χ1v) is 12.1.